The van der Waals surface area contributed by atoms with E-state index >= 15 is 0 Å². The number of aryl methyl sites for hydroxylation is 1. The van der Waals surface area contributed by atoms with Crippen LogP contribution in [-0.2, 0) is 6.54 Å². The minimum Gasteiger partial charge on any atom is -0.381 e. The van der Waals surface area contributed by atoms with Crippen molar-refractivity contribution in [3.05, 3.63) is 57.6 Å². The molecule has 0 aliphatic rings. The highest BCUT2D eigenvalue weighted by Crippen LogP contribution is 2.27. The van der Waals surface area contributed by atoms with Gasteiger partial charge < -0.3 is 5.32 Å². The van der Waals surface area contributed by atoms with Crippen LogP contribution in [0.4, 0.5) is 10.1 Å². The largest absolute Gasteiger partial charge is 0.381 e. The SMILES string of the molecule is Cc1ccc(CNc2cc(Cl)c(F)c(Cl)c2)cn1. The van der Waals surface area contributed by atoms with Crippen LogP contribution in [0, 0.1) is 12.7 Å². The molecule has 1 heterocycles. The quantitative estimate of drug-likeness (QED) is 0.843. The number of hydrogen-bond acceptors (Lipinski definition) is 2. The van der Waals surface area contributed by atoms with E-state index in [4.69, 9.17) is 23.2 Å². The summed E-state index contributed by atoms with van der Waals surface area (Å²) < 4.78 is 13.2. The smallest absolute Gasteiger partial charge is 0.160 e. The lowest BCUT2D eigenvalue weighted by Gasteiger charge is -2.08. The van der Waals surface area contributed by atoms with Gasteiger partial charge in [0.2, 0.25) is 0 Å². The lowest BCUT2D eigenvalue weighted by Crippen LogP contribution is -2.00. The van der Waals surface area contributed by atoms with Gasteiger partial charge in [-0.25, -0.2) is 4.39 Å². The number of rotatable bonds is 3. The van der Waals surface area contributed by atoms with Gasteiger partial charge in [0.25, 0.3) is 0 Å². The minimum atomic E-state index is -0.596. The number of anilines is 1. The summed E-state index contributed by atoms with van der Waals surface area (Å²) in [5, 5.41) is 3.13. The second kappa shape index (κ2) is 5.55. The van der Waals surface area contributed by atoms with E-state index < -0.39 is 5.82 Å². The van der Waals surface area contributed by atoms with Crippen LogP contribution in [0.15, 0.2) is 30.5 Å². The van der Waals surface area contributed by atoms with Crippen LogP contribution >= 0.6 is 23.2 Å². The Bertz CT molecular complexity index is 532. The molecule has 0 fully saturated rings. The van der Waals surface area contributed by atoms with Crippen LogP contribution in [0.25, 0.3) is 0 Å². The molecule has 1 aromatic carbocycles. The number of nitrogens with one attached hydrogen (secondary N) is 1. The molecule has 0 radical (unpaired) electrons. The van der Waals surface area contributed by atoms with Gasteiger partial charge in [0.05, 0.1) is 10.0 Å². The Morgan fingerprint density at radius 1 is 1.22 bits per heavy atom. The minimum absolute atomic E-state index is 0.00651. The molecule has 18 heavy (non-hydrogen) atoms. The first kappa shape index (κ1) is 13.1. The van der Waals surface area contributed by atoms with Crippen molar-refractivity contribution in [2.24, 2.45) is 0 Å². The zero-order valence-corrected chi connectivity index (χ0v) is 11.2. The first-order chi connectivity index (χ1) is 8.56. The van der Waals surface area contributed by atoms with Crippen LogP contribution in [0.3, 0.4) is 0 Å². The van der Waals surface area contributed by atoms with Gasteiger partial charge in [-0.15, -0.1) is 0 Å². The predicted octanol–water partition coefficient (Wildman–Crippen LogP) is 4.45. The highest BCUT2D eigenvalue weighted by atomic mass is 35.5. The van der Waals surface area contributed by atoms with Gasteiger partial charge >= 0.3 is 0 Å². The van der Waals surface area contributed by atoms with Gasteiger partial charge in [-0.2, -0.15) is 0 Å². The number of aromatic nitrogens is 1. The third kappa shape index (κ3) is 3.12. The van der Waals surface area contributed by atoms with Crippen LogP contribution in [0.2, 0.25) is 10.0 Å². The maximum atomic E-state index is 13.2. The Balaban J connectivity index is 2.08. The number of nitrogens with zero attached hydrogens (tertiary/aromatic N) is 1. The lowest BCUT2D eigenvalue weighted by atomic mass is 10.2. The Hall–Kier alpha value is -1.32. The monoisotopic (exact) mass is 284 g/mol. The second-order valence-corrected chi connectivity index (χ2v) is 4.73. The van der Waals surface area contributed by atoms with E-state index in [0.717, 1.165) is 11.3 Å². The van der Waals surface area contributed by atoms with Crippen molar-refractivity contribution in [1.82, 2.24) is 4.98 Å². The molecule has 2 nitrogen and oxygen atoms in total. The zero-order valence-electron chi connectivity index (χ0n) is 9.67. The topological polar surface area (TPSA) is 24.9 Å². The standard InChI is InChI=1S/C13H11Cl2FN2/c1-8-2-3-9(6-17-8)7-18-10-4-11(14)13(16)12(15)5-10/h2-6,18H,7H2,1H3. The van der Waals surface area contributed by atoms with E-state index in [1.54, 1.807) is 6.20 Å². The molecule has 2 rings (SSSR count). The summed E-state index contributed by atoms with van der Waals surface area (Å²) in [4.78, 5) is 4.19. The zero-order chi connectivity index (χ0) is 13.1. The molecule has 5 heteroatoms. The maximum Gasteiger partial charge on any atom is 0.160 e. The van der Waals surface area contributed by atoms with E-state index in [1.165, 1.54) is 12.1 Å². The summed E-state index contributed by atoms with van der Waals surface area (Å²) >= 11 is 11.4. The summed E-state index contributed by atoms with van der Waals surface area (Å²) in [6, 6.07) is 6.92. The normalized spacial score (nSPS) is 10.4. The van der Waals surface area contributed by atoms with E-state index in [-0.39, 0.29) is 10.0 Å². The first-order valence-electron chi connectivity index (χ1n) is 5.36. The van der Waals surface area contributed by atoms with Crippen LogP contribution in [-0.4, -0.2) is 4.98 Å². The van der Waals surface area contributed by atoms with Crippen molar-refractivity contribution >= 4 is 28.9 Å². The maximum absolute atomic E-state index is 13.2. The molecule has 0 bridgehead atoms. The van der Waals surface area contributed by atoms with E-state index in [9.17, 15) is 4.39 Å². The van der Waals surface area contributed by atoms with E-state index in [0.29, 0.717) is 12.2 Å². The van der Waals surface area contributed by atoms with Crippen molar-refractivity contribution in [2.75, 3.05) is 5.32 Å². The van der Waals surface area contributed by atoms with E-state index in [1.807, 2.05) is 19.1 Å². The van der Waals surface area contributed by atoms with Gasteiger partial charge in [0.15, 0.2) is 5.82 Å². The summed E-state index contributed by atoms with van der Waals surface area (Å²) in [6.07, 6.45) is 1.79. The molecule has 0 atom stereocenters. The van der Waals surface area contributed by atoms with Crippen molar-refractivity contribution < 1.29 is 4.39 Å². The van der Waals surface area contributed by atoms with Crippen molar-refractivity contribution in [3.63, 3.8) is 0 Å². The van der Waals surface area contributed by atoms with Crippen LogP contribution in [0.1, 0.15) is 11.3 Å². The number of halogens is 3. The first-order valence-corrected chi connectivity index (χ1v) is 6.12. The molecule has 0 unspecified atom stereocenters. The van der Waals surface area contributed by atoms with Gasteiger partial charge in [-0.05, 0) is 30.7 Å². The van der Waals surface area contributed by atoms with E-state index in [2.05, 4.69) is 10.3 Å². The summed E-state index contributed by atoms with van der Waals surface area (Å²) in [7, 11) is 0. The Morgan fingerprint density at radius 2 is 1.89 bits per heavy atom. The van der Waals surface area contributed by atoms with Gasteiger partial charge in [-0.1, -0.05) is 29.3 Å². The molecular weight excluding hydrogens is 274 g/mol. The summed E-state index contributed by atoms with van der Waals surface area (Å²) in [5.41, 5.74) is 2.66. The highest BCUT2D eigenvalue weighted by Gasteiger charge is 2.07. The summed E-state index contributed by atoms with van der Waals surface area (Å²) in [6.45, 7) is 2.50. The van der Waals surface area contributed by atoms with Gasteiger partial charge in [0, 0.05) is 24.1 Å². The predicted molar refractivity (Wildman–Crippen MR) is 72.7 cm³/mol. The average molecular weight is 285 g/mol. The second-order valence-electron chi connectivity index (χ2n) is 3.92. The molecular formula is C13H11Cl2FN2. The Morgan fingerprint density at radius 3 is 2.44 bits per heavy atom. The fraction of sp³-hybridized carbons (Fsp3) is 0.154. The molecule has 0 amide bonds. The van der Waals surface area contributed by atoms with Crippen LogP contribution in [0.5, 0.6) is 0 Å². The number of benzene rings is 1. The molecule has 2 aromatic rings. The molecule has 0 saturated carbocycles. The summed E-state index contributed by atoms with van der Waals surface area (Å²) in [5.74, 6) is -0.596. The van der Waals surface area contributed by atoms with Gasteiger partial charge in [-0.3, -0.25) is 4.98 Å². The fourth-order valence-corrected chi connectivity index (χ4v) is 1.95. The van der Waals surface area contributed by atoms with Crippen LogP contribution < -0.4 is 5.32 Å². The van der Waals surface area contributed by atoms with Crippen molar-refractivity contribution in [3.8, 4) is 0 Å². The number of hydrogen-bond donors (Lipinski definition) is 1. The number of pyridine rings is 1. The molecule has 0 aliphatic heterocycles. The molecule has 0 spiro atoms. The highest BCUT2D eigenvalue weighted by molar-refractivity contribution is 6.35. The van der Waals surface area contributed by atoms with Gasteiger partial charge in [0.1, 0.15) is 0 Å². The van der Waals surface area contributed by atoms with Crippen molar-refractivity contribution in [2.45, 2.75) is 13.5 Å². The Kier molecular flexibility index (Phi) is 4.04. The third-order valence-corrected chi connectivity index (χ3v) is 3.00. The third-order valence-electron chi connectivity index (χ3n) is 2.45. The van der Waals surface area contributed by atoms with Crippen molar-refractivity contribution in [1.29, 1.82) is 0 Å². The Labute approximate surface area is 115 Å². The molecule has 0 aliphatic carbocycles. The molecule has 94 valence electrons. The average Bonchev–Trinajstić information content (AvgIpc) is 2.35. The lowest BCUT2D eigenvalue weighted by molar-refractivity contribution is 0.629. The molecule has 1 N–H and O–H groups in total. The fourth-order valence-electron chi connectivity index (χ4n) is 1.46. The molecule has 1 aromatic heterocycles. The molecule has 0 saturated heterocycles.